The zero-order chi connectivity index (χ0) is 17.8. The zero-order valence-corrected chi connectivity index (χ0v) is 14.3. The molecule has 1 fully saturated rings. The fourth-order valence-electron chi connectivity index (χ4n) is 2.52. The van der Waals surface area contributed by atoms with Gasteiger partial charge in [-0.05, 0) is 38.9 Å². The minimum Gasteiger partial charge on any atom is -0.346 e. The maximum Gasteiger partial charge on any atom is 0.313 e. The Labute approximate surface area is 146 Å². The number of pyridine rings is 1. The molecule has 2 heterocycles. The molecule has 1 aliphatic rings. The molecule has 2 N–H and O–H groups in total. The van der Waals surface area contributed by atoms with Crippen LogP contribution in [0.5, 0.6) is 0 Å². The molecule has 0 radical (unpaired) electrons. The molecule has 1 atom stereocenters. The van der Waals surface area contributed by atoms with Gasteiger partial charge < -0.3 is 10.6 Å². The van der Waals surface area contributed by atoms with Crippen LogP contribution in [0, 0.1) is 0 Å². The summed E-state index contributed by atoms with van der Waals surface area (Å²) < 4.78 is 1.60. The van der Waals surface area contributed by atoms with Crippen LogP contribution >= 0.6 is 0 Å². The summed E-state index contributed by atoms with van der Waals surface area (Å²) in [6.45, 7) is 2.48. The van der Waals surface area contributed by atoms with Gasteiger partial charge in [-0.2, -0.15) is 5.10 Å². The number of carbonyl (C=O) groups excluding carboxylic acids is 2. The van der Waals surface area contributed by atoms with Gasteiger partial charge in [-0.3, -0.25) is 19.5 Å². The van der Waals surface area contributed by atoms with Crippen LogP contribution in [-0.4, -0.2) is 57.2 Å². The SMILES string of the molecule is C[C@@H](CNC(=O)C(=O)Nc1cnn(-c2ccncc2)c1)N(C)C1CC1. The Kier molecular flexibility index (Phi) is 5.08. The molecule has 0 saturated heterocycles. The Balaban J connectivity index is 1.50. The lowest BCUT2D eigenvalue weighted by Crippen LogP contribution is -2.44. The third-order valence-corrected chi connectivity index (χ3v) is 4.35. The van der Waals surface area contributed by atoms with Crippen LogP contribution in [0.4, 0.5) is 5.69 Å². The molecule has 2 amide bonds. The number of likely N-dealkylation sites (N-methyl/N-ethyl adjacent to an activating group) is 1. The van der Waals surface area contributed by atoms with E-state index in [1.54, 1.807) is 35.4 Å². The minimum absolute atomic E-state index is 0.193. The van der Waals surface area contributed by atoms with E-state index in [1.807, 2.05) is 14.0 Å². The van der Waals surface area contributed by atoms with Gasteiger partial charge in [-0.25, -0.2) is 4.68 Å². The average molecular weight is 342 g/mol. The van der Waals surface area contributed by atoms with Gasteiger partial charge in [0.15, 0.2) is 0 Å². The summed E-state index contributed by atoms with van der Waals surface area (Å²) in [5.74, 6) is -1.34. The number of nitrogens with one attached hydrogen (secondary N) is 2. The van der Waals surface area contributed by atoms with Crippen molar-refractivity contribution in [2.24, 2.45) is 0 Å². The number of nitrogens with zero attached hydrogens (tertiary/aromatic N) is 4. The van der Waals surface area contributed by atoms with Gasteiger partial charge in [0.1, 0.15) is 0 Å². The van der Waals surface area contributed by atoms with E-state index < -0.39 is 11.8 Å². The maximum atomic E-state index is 12.0. The van der Waals surface area contributed by atoms with Gasteiger partial charge in [-0.1, -0.05) is 0 Å². The quantitative estimate of drug-likeness (QED) is 0.758. The number of amides is 2. The van der Waals surface area contributed by atoms with E-state index in [9.17, 15) is 9.59 Å². The molecule has 2 aromatic rings. The molecular weight excluding hydrogens is 320 g/mol. The average Bonchev–Trinajstić information content (AvgIpc) is 3.38. The summed E-state index contributed by atoms with van der Waals surface area (Å²) in [6.07, 6.45) is 8.86. The molecule has 1 aliphatic carbocycles. The first-order valence-electron chi connectivity index (χ1n) is 8.31. The van der Waals surface area contributed by atoms with Crippen LogP contribution in [0.1, 0.15) is 19.8 Å². The fourth-order valence-corrected chi connectivity index (χ4v) is 2.52. The minimum atomic E-state index is -0.699. The van der Waals surface area contributed by atoms with Crippen molar-refractivity contribution >= 4 is 17.5 Å². The molecular formula is C17H22N6O2. The molecule has 1 saturated carbocycles. The maximum absolute atomic E-state index is 12.0. The molecule has 0 unspecified atom stereocenters. The van der Waals surface area contributed by atoms with Crippen LogP contribution in [0.25, 0.3) is 5.69 Å². The zero-order valence-electron chi connectivity index (χ0n) is 14.3. The van der Waals surface area contributed by atoms with Crippen LogP contribution < -0.4 is 10.6 Å². The molecule has 0 aromatic carbocycles. The predicted molar refractivity (Wildman–Crippen MR) is 93.2 cm³/mol. The Morgan fingerprint density at radius 3 is 2.72 bits per heavy atom. The third kappa shape index (κ3) is 4.42. The topological polar surface area (TPSA) is 92.2 Å². The Morgan fingerprint density at radius 2 is 2.04 bits per heavy atom. The van der Waals surface area contributed by atoms with E-state index in [1.165, 1.54) is 19.0 Å². The largest absolute Gasteiger partial charge is 0.346 e. The Hall–Kier alpha value is -2.74. The van der Waals surface area contributed by atoms with E-state index in [2.05, 4.69) is 25.6 Å². The second-order valence-electron chi connectivity index (χ2n) is 6.29. The van der Waals surface area contributed by atoms with Crippen molar-refractivity contribution in [3.8, 4) is 5.69 Å². The highest BCUT2D eigenvalue weighted by atomic mass is 16.2. The summed E-state index contributed by atoms with van der Waals surface area (Å²) in [6, 6.07) is 4.39. The van der Waals surface area contributed by atoms with Crippen LogP contribution in [0.3, 0.4) is 0 Å². The van der Waals surface area contributed by atoms with Crippen molar-refractivity contribution in [2.45, 2.75) is 31.8 Å². The normalized spacial score (nSPS) is 15.0. The van der Waals surface area contributed by atoms with Crippen molar-refractivity contribution in [3.63, 3.8) is 0 Å². The number of anilines is 1. The second kappa shape index (κ2) is 7.43. The summed E-state index contributed by atoms with van der Waals surface area (Å²) in [7, 11) is 2.04. The highest BCUT2D eigenvalue weighted by molar-refractivity contribution is 6.39. The number of rotatable bonds is 6. The van der Waals surface area contributed by atoms with E-state index in [-0.39, 0.29) is 6.04 Å². The molecule has 0 aliphatic heterocycles. The monoisotopic (exact) mass is 342 g/mol. The number of aromatic nitrogens is 3. The first-order valence-corrected chi connectivity index (χ1v) is 8.31. The lowest BCUT2D eigenvalue weighted by Gasteiger charge is -2.24. The standard InChI is InChI=1S/C17H22N6O2/c1-12(22(2)14-3-4-14)9-19-16(24)17(25)21-13-10-20-23(11-13)15-5-7-18-8-6-15/h5-8,10-12,14H,3-4,9H2,1-2H3,(H,19,24)(H,21,25)/t12-/m0/s1. The van der Waals surface area contributed by atoms with Crippen molar-refractivity contribution in [1.29, 1.82) is 0 Å². The third-order valence-electron chi connectivity index (χ3n) is 4.35. The van der Waals surface area contributed by atoms with Crippen LogP contribution in [0.15, 0.2) is 36.9 Å². The first kappa shape index (κ1) is 17.1. The molecule has 0 spiro atoms. The van der Waals surface area contributed by atoms with Gasteiger partial charge in [0.05, 0.1) is 23.8 Å². The molecule has 132 valence electrons. The Morgan fingerprint density at radius 1 is 1.32 bits per heavy atom. The molecule has 2 aromatic heterocycles. The molecule has 3 rings (SSSR count). The fraction of sp³-hybridized carbons (Fsp3) is 0.412. The first-order chi connectivity index (χ1) is 12.0. The molecule has 0 bridgehead atoms. The molecule has 25 heavy (non-hydrogen) atoms. The van der Waals surface area contributed by atoms with Gasteiger partial charge in [0, 0.05) is 31.0 Å². The van der Waals surface area contributed by atoms with Gasteiger partial charge in [0.2, 0.25) is 0 Å². The van der Waals surface area contributed by atoms with Crippen molar-refractivity contribution in [1.82, 2.24) is 25.0 Å². The lowest BCUT2D eigenvalue weighted by molar-refractivity contribution is -0.136. The highest BCUT2D eigenvalue weighted by Gasteiger charge is 2.29. The van der Waals surface area contributed by atoms with E-state index in [4.69, 9.17) is 0 Å². The Bertz CT molecular complexity index is 741. The van der Waals surface area contributed by atoms with Crippen molar-refractivity contribution in [3.05, 3.63) is 36.9 Å². The number of hydrogen-bond donors (Lipinski definition) is 2. The summed E-state index contributed by atoms with van der Waals surface area (Å²) in [5.41, 5.74) is 1.27. The predicted octanol–water partition coefficient (Wildman–Crippen LogP) is 0.805. The van der Waals surface area contributed by atoms with Gasteiger partial charge in [-0.15, -0.1) is 0 Å². The smallest absolute Gasteiger partial charge is 0.313 e. The number of hydrogen-bond acceptors (Lipinski definition) is 5. The summed E-state index contributed by atoms with van der Waals surface area (Å²) in [4.78, 5) is 30.1. The lowest BCUT2D eigenvalue weighted by atomic mass is 10.3. The van der Waals surface area contributed by atoms with Crippen LogP contribution in [-0.2, 0) is 9.59 Å². The van der Waals surface area contributed by atoms with Crippen molar-refractivity contribution < 1.29 is 9.59 Å². The van der Waals surface area contributed by atoms with Gasteiger partial charge in [0.25, 0.3) is 0 Å². The van der Waals surface area contributed by atoms with E-state index in [0.29, 0.717) is 18.3 Å². The van der Waals surface area contributed by atoms with E-state index >= 15 is 0 Å². The second-order valence-corrected chi connectivity index (χ2v) is 6.29. The highest BCUT2D eigenvalue weighted by Crippen LogP contribution is 2.26. The summed E-state index contributed by atoms with van der Waals surface area (Å²) >= 11 is 0. The molecule has 8 heteroatoms. The summed E-state index contributed by atoms with van der Waals surface area (Å²) in [5, 5.41) is 9.39. The molecule has 8 nitrogen and oxygen atoms in total. The van der Waals surface area contributed by atoms with Crippen LogP contribution in [0.2, 0.25) is 0 Å². The van der Waals surface area contributed by atoms with Gasteiger partial charge >= 0.3 is 11.8 Å². The number of carbonyl (C=O) groups is 2. The van der Waals surface area contributed by atoms with Crippen molar-refractivity contribution in [2.75, 3.05) is 18.9 Å². The van der Waals surface area contributed by atoms with E-state index in [0.717, 1.165) is 5.69 Å².